The molecule has 0 atom stereocenters. The molecular formula is C13H17ClF3NO. The van der Waals surface area contributed by atoms with Crippen molar-refractivity contribution in [2.75, 3.05) is 5.32 Å². The second kappa shape index (κ2) is 7.38. The van der Waals surface area contributed by atoms with Gasteiger partial charge in [-0.3, -0.25) is 4.79 Å². The first-order valence-corrected chi connectivity index (χ1v) is 6.27. The Hall–Kier alpha value is -1.23. The first-order chi connectivity index (χ1) is 8.71. The largest absolute Gasteiger partial charge is 0.417 e. The molecule has 1 aromatic rings. The Morgan fingerprint density at radius 2 is 1.79 bits per heavy atom. The van der Waals surface area contributed by atoms with E-state index in [1.165, 1.54) is 6.07 Å². The van der Waals surface area contributed by atoms with Crippen LogP contribution in [0.1, 0.15) is 33.3 Å². The highest BCUT2D eigenvalue weighted by molar-refractivity contribution is 6.31. The van der Waals surface area contributed by atoms with Crippen LogP contribution in [-0.4, -0.2) is 5.91 Å². The average molecular weight is 296 g/mol. The van der Waals surface area contributed by atoms with E-state index >= 15 is 0 Å². The van der Waals surface area contributed by atoms with Gasteiger partial charge in [0.05, 0.1) is 10.6 Å². The van der Waals surface area contributed by atoms with Crippen LogP contribution in [0.5, 0.6) is 0 Å². The lowest BCUT2D eigenvalue weighted by Crippen LogP contribution is -2.18. The third-order valence-electron chi connectivity index (χ3n) is 2.06. The van der Waals surface area contributed by atoms with Crippen molar-refractivity contribution in [2.24, 2.45) is 5.92 Å². The van der Waals surface area contributed by atoms with Crippen molar-refractivity contribution in [3.05, 3.63) is 28.8 Å². The number of hydrogen-bond acceptors (Lipinski definition) is 1. The Balaban J connectivity index is 0.00000154. The maximum Gasteiger partial charge on any atom is 0.417 e. The number of carbonyl (C=O) groups is 1. The molecule has 0 saturated heterocycles. The smallest absolute Gasteiger partial charge is 0.326 e. The molecule has 0 fully saturated rings. The van der Waals surface area contributed by atoms with E-state index in [1.807, 2.05) is 13.8 Å². The molecule has 0 saturated carbocycles. The van der Waals surface area contributed by atoms with Gasteiger partial charge in [0, 0.05) is 11.6 Å². The van der Waals surface area contributed by atoms with Crippen molar-refractivity contribution < 1.29 is 18.0 Å². The summed E-state index contributed by atoms with van der Waals surface area (Å²) in [6.45, 7) is 7.30. The lowest BCUT2D eigenvalue weighted by molar-refractivity contribution is -0.137. The average Bonchev–Trinajstić information content (AvgIpc) is 2.32. The highest BCUT2D eigenvalue weighted by atomic mass is 35.5. The van der Waals surface area contributed by atoms with Gasteiger partial charge in [-0.2, -0.15) is 13.2 Å². The van der Waals surface area contributed by atoms with Gasteiger partial charge in [-0.05, 0) is 18.2 Å². The standard InChI is InChI=1S/C11H11ClF3NO.C2H6/c1-6(2)10(17)16-7-3-4-9(12)8(5-7)11(13,14)15;1-2/h3-6H,1-2H3,(H,16,17);1-2H3. The van der Waals surface area contributed by atoms with Gasteiger partial charge in [0.15, 0.2) is 0 Å². The summed E-state index contributed by atoms with van der Waals surface area (Å²) >= 11 is 5.45. The van der Waals surface area contributed by atoms with Crippen LogP contribution in [0.3, 0.4) is 0 Å². The highest BCUT2D eigenvalue weighted by Crippen LogP contribution is 2.36. The van der Waals surface area contributed by atoms with Crippen molar-refractivity contribution in [3.63, 3.8) is 0 Å². The molecule has 0 radical (unpaired) electrons. The minimum absolute atomic E-state index is 0.0837. The third kappa shape index (κ3) is 5.51. The molecule has 1 amide bonds. The molecule has 108 valence electrons. The van der Waals surface area contributed by atoms with Crippen LogP contribution in [0.4, 0.5) is 18.9 Å². The minimum Gasteiger partial charge on any atom is -0.326 e. The molecule has 0 aliphatic heterocycles. The van der Waals surface area contributed by atoms with Gasteiger partial charge in [0.2, 0.25) is 5.91 Å². The second-order valence-electron chi connectivity index (χ2n) is 3.84. The lowest BCUT2D eigenvalue weighted by atomic mass is 10.1. The van der Waals surface area contributed by atoms with Crippen LogP contribution in [-0.2, 0) is 11.0 Å². The number of alkyl halides is 3. The Bertz CT molecular complexity index is 430. The van der Waals surface area contributed by atoms with Gasteiger partial charge in [0.1, 0.15) is 0 Å². The molecule has 0 spiro atoms. The zero-order valence-corrected chi connectivity index (χ0v) is 12.0. The SMILES string of the molecule is CC.CC(C)C(=O)Nc1ccc(Cl)c(C(F)(F)F)c1. The van der Waals surface area contributed by atoms with Crippen molar-refractivity contribution in [3.8, 4) is 0 Å². The molecule has 0 aromatic heterocycles. The maximum atomic E-state index is 12.5. The summed E-state index contributed by atoms with van der Waals surface area (Å²) in [4.78, 5) is 11.3. The van der Waals surface area contributed by atoms with E-state index in [0.29, 0.717) is 0 Å². The number of amides is 1. The molecule has 0 bridgehead atoms. The number of nitrogens with one attached hydrogen (secondary N) is 1. The van der Waals surface area contributed by atoms with Crippen LogP contribution in [0.15, 0.2) is 18.2 Å². The number of carbonyl (C=O) groups excluding carboxylic acids is 1. The van der Waals surface area contributed by atoms with E-state index in [2.05, 4.69) is 5.32 Å². The predicted octanol–water partition coefficient (Wildman–Crippen LogP) is 4.98. The van der Waals surface area contributed by atoms with Gasteiger partial charge >= 0.3 is 6.18 Å². The van der Waals surface area contributed by atoms with Gasteiger partial charge in [-0.25, -0.2) is 0 Å². The van der Waals surface area contributed by atoms with Gasteiger partial charge in [0.25, 0.3) is 0 Å². The summed E-state index contributed by atoms with van der Waals surface area (Å²) in [5, 5.41) is 1.99. The molecule has 1 rings (SSSR count). The Kier molecular flexibility index (Phi) is 6.90. The fourth-order valence-electron chi connectivity index (χ4n) is 1.11. The van der Waals surface area contributed by atoms with Crippen LogP contribution in [0, 0.1) is 5.92 Å². The van der Waals surface area contributed by atoms with Crippen LogP contribution < -0.4 is 5.32 Å². The number of benzene rings is 1. The summed E-state index contributed by atoms with van der Waals surface area (Å²) in [5.74, 6) is -0.652. The van der Waals surface area contributed by atoms with E-state index in [0.717, 1.165) is 12.1 Å². The lowest BCUT2D eigenvalue weighted by Gasteiger charge is -2.12. The monoisotopic (exact) mass is 295 g/mol. The molecule has 19 heavy (non-hydrogen) atoms. The molecule has 6 heteroatoms. The second-order valence-corrected chi connectivity index (χ2v) is 4.24. The fraction of sp³-hybridized carbons (Fsp3) is 0.462. The topological polar surface area (TPSA) is 29.1 Å². The van der Waals surface area contributed by atoms with Crippen LogP contribution in [0.2, 0.25) is 5.02 Å². The molecule has 0 aliphatic rings. The van der Waals surface area contributed by atoms with Crippen LogP contribution in [0.25, 0.3) is 0 Å². The summed E-state index contributed by atoms with van der Waals surface area (Å²) < 4.78 is 37.6. The van der Waals surface area contributed by atoms with E-state index in [1.54, 1.807) is 13.8 Å². The summed E-state index contributed by atoms with van der Waals surface area (Å²) in [6, 6.07) is 3.26. The highest BCUT2D eigenvalue weighted by Gasteiger charge is 2.33. The molecule has 0 unspecified atom stereocenters. The Labute approximate surface area is 116 Å². The zero-order valence-electron chi connectivity index (χ0n) is 11.2. The Morgan fingerprint density at radius 3 is 2.21 bits per heavy atom. The molecule has 1 N–H and O–H groups in total. The number of anilines is 1. The molecular weight excluding hydrogens is 279 g/mol. The summed E-state index contributed by atoms with van der Waals surface area (Å²) in [7, 11) is 0. The Morgan fingerprint density at radius 1 is 1.26 bits per heavy atom. The number of halogens is 4. The molecule has 2 nitrogen and oxygen atoms in total. The summed E-state index contributed by atoms with van der Waals surface area (Å²) in [6.07, 6.45) is -4.53. The molecule has 0 heterocycles. The first-order valence-electron chi connectivity index (χ1n) is 5.89. The van der Waals surface area contributed by atoms with Gasteiger partial charge < -0.3 is 5.32 Å². The van der Waals surface area contributed by atoms with Crippen molar-refractivity contribution >= 4 is 23.2 Å². The van der Waals surface area contributed by atoms with Crippen LogP contribution >= 0.6 is 11.6 Å². The maximum absolute atomic E-state index is 12.5. The number of hydrogen-bond donors (Lipinski definition) is 1. The van der Waals surface area contributed by atoms with E-state index in [9.17, 15) is 18.0 Å². The third-order valence-corrected chi connectivity index (χ3v) is 2.39. The van der Waals surface area contributed by atoms with E-state index in [4.69, 9.17) is 11.6 Å². The van der Waals surface area contributed by atoms with Crippen molar-refractivity contribution in [2.45, 2.75) is 33.9 Å². The first kappa shape index (κ1) is 17.8. The molecule has 1 aromatic carbocycles. The van der Waals surface area contributed by atoms with Gasteiger partial charge in [-0.15, -0.1) is 0 Å². The predicted molar refractivity (Wildman–Crippen MR) is 71.3 cm³/mol. The van der Waals surface area contributed by atoms with Crippen molar-refractivity contribution in [1.29, 1.82) is 0 Å². The van der Waals surface area contributed by atoms with Crippen molar-refractivity contribution in [1.82, 2.24) is 0 Å². The number of rotatable bonds is 2. The normalized spacial score (nSPS) is 10.8. The van der Waals surface area contributed by atoms with E-state index < -0.39 is 11.7 Å². The molecule has 0 aliphatic carbocycles. The summed E-state index contributed by atoms with van der Waals surface area (Å²) in [5.41, 5.74) is -0.874. The quantitative estimate of drug-likeness (QED) is 0.819. The van der Waals surface area contributed by atoms with E-state index in [-0.39, 0.29) is 22.5 Å². The van der Waals surface area contributed by atoms with Gasteiger partial charge in [-0.1, -0.05) is 39.3 Å². The fourth-order valence-corrected chi connectivity index (χ4v) is 1.33. The zero-order chi connectivity index (χ0) is 15.2. The minimum atomic E-state index is -4.53.